The van der Waals surface area contributed by atoms with Gasteiger partial charge in [-0.15, -0.1) is 0 Å². The first kappa shape index (κ1) is 15.0. The molecular weight excluding hydrogens is 229 g/mol. The highest BCUT2D eigenvalue weighted by Crippen LogP contribution is 2.21. The van der Waals surface area contributed by atoms with Crippen LogP contribution in [0.2, 0.25) is 0 Å². The van der Waals surface area contributed by atoms with Gasteiger partial charge in [0.05, 0.1) is 0 Å². The van der Waals surface area contributed by atoms with Crippen LogP contribution >= 0.6 is 0 Å². The fourth-order valence-corrected chi connectivity index (χ4v) is 1.70. The van der Waals surface area contributed by atoms with Crippen LogP contribution < -0.4 is 10.1 Å². The third kappa shape index (κ3) is 4.65. The van der Waals surface area contributed by atoms with Gasteiger partial charge in [-0.25, -0.2) is 4.39 Å². The molecular formula is C15H24FNO. The van der Waals surface area contributed by atoms with Crippen molar-refractivity contribution in [3.63, 3.8) is 0 Å². The minimum Gasteiger partial charge on any atom is -0.486 e. The van der Waals surface area contributed by atoms with Gasteiger partial charge in [-0.05, 0) is 43.5 Å². The fraction of sp³-hybridized carbons (Fsp3) is 0.600. The van der Waals surface area contributed by atoms with E-state index < -0.39 is 0 Å². The molecule has 1 N–H and O–H groups in total. The zero-order valence-electron chi connectivity index (χ0n) is 11.8. The molecule has 1 unspecified atom stereocenters. The molecule has 1 atom stereocenters. The van der Waals surface area contributed by atoms with Gasteiger partial charge in [0.25, 0.3) is 0 Å². The monoisotopic (exact) mass is 253 g/mol. The van der Waals surface area contributed by atoms with Crippen LogP contribution in [0.4, 0.5) is 4.39 Å². The van der Waals surface area contributed by atoms with Crippen LogP contribution in [0.15, 0.2) is 18.2 Å². The third-order valence-corrected chi connectivity index (χ3v) is 2.88. The average Bonchev–Trinajstić information content (AvgIpc) is 2.32. The first-order chi connectivity index (χ1) is 8.54. The zero-order chi connectivity index (χ0) is 13.5. The lowest BCUT2D eigenvalue weighted by molar-refractivity contribution is 0.143. The molecule has 2 nitrogen and oxygen atoms in total. The Labute approximate surface area is 110 Å². The van der Waals surface area contributed by atoms with Gasteiger partial charge >= 0.3 is 0 Å². The maximum absolute atomic E-state index is 13.6. The summed E-state index contributed by atoms with van der Waals surface area (Å²) in [5, 5.41) is 3.32. The van der Waals surface area contributed by atoms with E-state index in [1.165, 1.54) is 6.07 Å². The lowest BCUT2D eigenvalue weighted by Crippen LogP contribution is -2.36. The molecule has 0 amide bonds. The van der Waals surface area contributed by atoms with Crippen LogP contribution in [0, 0.1) is 18.7 Å². The molecule has 0 aliphatic heterocycles. The summed E-state index contributed by atoms with van der Waals surface area (Å²) in [4.78, 5) is 0. The van der Waals surface area contributed by atoms with Crippen LogP contribution in [0.25, 0.3) is 0 Å². The second-order valence-electron chi connectivity index (χ2n) is 5.04. The van der Waals surface area contributed by atoms with Crippen molar-refractivity contribution in [2.75, 3.05) is 13.1 Å². The molecule has 18 heavy (non-hydrogen) atoms. The van der Waals surface area contributed by atoms with Crippen LogP contribution in [0.5, 0.6) is 5.75 Å². The molecule has 3 heteroatoms. The van der Waals surface area contributed by atoms with Crippen molar-refractivity contribution >= 4 is 0 Å². The first-order valence-electron chi connectivity index (χ1n) is 6.68. The van der Waals surface area contributed by atoms with E-state index in [1.54, 1.807) is 12.1 Å². The quantitative estimate of drug-likeness (QED) is 0.750. The zero-order valence-corrected chi connectivity index (χ0v) is 11.8. The third-order valence-electron chi connectivity index (χ3n) is 2.88. The summed E-state index contributed by atoms with van der Waals surface area (Å²) < 4.78 is 19.4. The maximum Gasteiger partial charge on any atom is 0.165 e. The highest BCUT2D eigenvalue weighted by molar-refractivity contribution is 5.29. The molecule has 0 aliphatic carbocycles. The summed E-state index contributed by atoms with van der Waals surface area (Å²) >= 11 is 0. The second kappa shape index (κ2) is 7.37. The van der Waals surface area contributed by atoms with Gasteiger partial charge in [-0.1, -0.05) is 26.8 Å². The van der Waals surface area contributed by atoms with Gasteiger partial charge in [0, 0.05) is 6.54 Å². The summed E-state index contributed by atoms with van der Waals surface area (Å²) in [6.45, 7) is 9.95. The average molecular weight is 253 g/mol. The predicted molar refractivity (Wildman–Crippen MR) is 73.6 cm³/mol. The number of ether oxygens (including phenoxy) is 1. The van der Waals surface area contributed by atoms with Crippen molar-refractivity contribution in [1.29, 1.82) is 0 Å². The van der Waals surface area contributed by atoms with E-state index in [0.29, 0.717) is 11.7 Å². The SMILES string of the molecule is CCCNCC(Oc1cc(C)ccc1F)C(C)C. The highest BCUT2D eigenvalue weighted by Gasteiger charge is 2.16. The first-order valence-corrected chi connectivity index (χ1v) is 6.68. The lowest BCUT2D eigenvalue weighted by Gasteiger charge is -2.23. The van der Waals surface area contributed by atoms with Gasteiger partial charge in [-0.3, -0.25) is 0 Å². The number of rotatable bonds is 7. The molecule has 0 aliphatic rings. The van der Waals surface area contributed by atoms with E-state index in [1.807, 2.05) is 6.92 Å². The number of benzene rings is 1. The predicted octanol–water partition coefficient (Wildman–Crippen LogP) is 3.54. The van der Waals surface area contributed by atoms with E-state index in [4.69, 9.17) is 4.74 Å². The molecule has 0 radical (unpaired) electrons. The second-order valence-corrected chi connectivity index (χ2v) is 5.04. The van der Waals surface area contributed by atoms with Gasteiger partial charge in [0.2, 0.25) is 0 Å². The Morgan fingerprint density at radius 2 is 2.06 bits per heavy atom. The largest absolute Gasteiger partial charge is 0.486 e. The van der Waals surface area contributed by atoms with Crippen molar-refractivity contribution in [3.05, 3.63) is 29.6 Å². The summed E-state index contributed by atoms with van der Waals surface area (Å²) in [6, 6.07) is 4.97. The number of halogens is 1. The number of aryl methyl sites for hydroxylation is 1. The van der Waals surface area contributed by atoms with Gasteiger partial charge in [0.15, 0.2) is 11.6 Å². The van der Waals surface area contributed by atoms with Crippen molar-refractivity contribution in [1.82, 2.24) is 5.32 Å². The number of hydrogen-bond acceptors (Lipinski definition) is 2. The Morgan fingerprint density at radius 3 is 2.67 bits per heavy atom. The molecule has 0 fully saturated rings. The van der Waals surface area contributed by atoms with E-state index in [-0.39, 0.29) is 11.9 Å². The maximum atomic E-state index is 13.6. The Morgan fingerprint density at radius 1 is 1.33 bits per heavy atom. The van der Waals surface area contributed by atoms with Crippen molar-refractivity contribution in [2.24, 2.45) is 5.92 Å². The molecule has 1 aromatic rings. The van der Waals surface area contributed by atoms with Crippen LogP contribution in [-0.4, -0.2) is 19.2 Å². The molecule has 0 heterocycles. The minimum absolute atomic E-state index is 0.00662. The van der Waals surface area contributed by atoms with Crippen molar-refractivity contribution in [3.8, 4) is 5.75 Å². The lowest BCUT2D eigenvalue weighted by atomic mass is 10.1. The van der Waals surface area contributed by atoms with E-state index >= 15 is 0 Å². The molecule has 102 valence electrons. The Kier molecular flexibility index (Phi) is 6.13. The minimum atomic E-state index is -0.290. The summed E-state index contributed by atoms with van der Waals surface area (Å²) in [5.74, 6) is 0.406. The standard InChI is InChI=1S/C15H24FNO/c1-5-8-17-10-15(11(2)3)18-14-9-12(4)6-7-13(14)16/h6-7,9,11,15,17H,5,8,10H2,1-4H3. The van der Waals surface area contributed by atoms with Crippen molar-refractivity contribution < 1.29 is 9.13 Å². The summed E-state index contributed by atoms with van der Waals surface area (Å²) in [7, 11) is 0. The highest BCUT2D eigenvalue weighted by atomic mass is 19.1. The molecule has 0 bridgehead atoms. The van der Waals surface area contributed by atoms with Crippen LogP contribution in [0.1, 0.15) is 32.8 Å². The molecule has 1 aromatic carbocycles. The van der Waals surface area contributed by atoms with Gasteiger partial charge in [0.1, 0.15) is 6.10 Å². The molecule has 0 aromatic heterocycles. The topological polar surface area (TPSA) is 21.3 Å². The van der Waals surface area contributed by atoms with E-state index in [2.05, 4.69) is 26.1 Å². The summed E-state index contributed by atoms with van der Waals surface area (Å²) in [6.07, 6.45) is 1.08. The molecule has 0 saturated carbocycles. The molecule has 0 spiro atoms. The van der Waals surface area contributed by atoms with E-state index in [0.717, 1.165) is 25.1 Å². The Hall–Kier alpha value is -1.09. The van der Waals surface area contributed by atoms with Crippen LogP contribution in [-0.2, 0) is 0 Å². The fourth-order valence-electron chi connectivity index (χ4n) is 1.70. The molecule has 0 saturated heterocycles. The van der Waals surface area contributed by atoms with Gasteiger partial charge < -0.3 is 10.1 Å². The number of nitrogens with one attached hydrogen (secondary N) is 1. The van der Waals surface area contributed by atoms with Crippen LogP contribution in [0.3, 0.4) is 0 Å². The summed E-state index contributed by atoms with van der Waals surface area (Å²) in [5.41, 5.74) is 1.01. The Balaban J connectivity index is 2.67. The van der Waals surface area contributed by atoms with Gasteiger partial charge in [-0.2, -0.15) is 0 Å². The number of hydrogen-bond donors (Lipinski definition) is 1. The molecule has 1 rings (SSSR count). The van der Waals surface area contributed by atoms with E-state index in [9.17, 15) is 4.39 Å². The Bertz CT molecular complexity index is 366. The normalized spacial score (nSPS) is 12.8. The smallest absolute Gasteiger partial charge is 0.165 e. The van der Waals surface area contributed by atoms with Crippen molar-refractivity contribution in [2.45, 2.75) is 40.2 Å².